The molecule has 0 bridgehead atoms. The number of aryl methyl sites for hydroxylation is 1. The Labute approximate surface area is 120 Å². The molecule has 112 valence electrons. The van der Waals surface area contributed by atoms with Crippen molar-refractivity contribution < 1.29 is 14.3 Å². The van der Waals surface area contributed by atoms with E-state index in [4.69, 9.17) is 9.47 Å². The van der Waals surface area contributed by atoms with Crippen molar-refractivity contribution in [3.63, 3.8) is 0 Å². The van der Waals surface area contributed by atoms with E-state index in [1.807, 2.05) is 19.1 Å². The Bertz CT molecular complexity index is 435. The fourth-order valence-electron chi connectivity index (χ4n) is 1.87. The third-order valence-corrected chi connectivity index (χ3v) is 3.08. The van der Waals surface area contributed by atoms with Crippen LogP contribution in [-0.4, -0.2) is 38.7 Å². The fraction of sp³-hybridized carbons (Fsp3) is 0.533. The number of anilines is 1. The van der Waals surface area contributed by atoms with E-state index >= 15 is 0 Å². The molecular weight excluding hydrogens is 256 g/mol. The Kier molecular flexibility index (Phi) is 6.15. The van der Waals surface area contributed by atoms with Gasteiger partial charge in [-0.25, -0.2) is 4.79 Å². The Balaban J connectivity index is 2.93. The second-order valence-corrected chi connectivity index (χ2v) is 4.75. The van der Waals surface area contributed by atoms with E-state index in [1.165, 1.54) is 0 Å². The summed E-state index contributed by atoms with van der Waals surface area (Å²) in [6.45, 7) is 4.76. The maximum atomic E-state index is 12.1. The van der Waals surface area contributed by atoms with E-state index in [0.29, 0.717) is 17.2 Å². The molecule has 0 saturated heterocycles. The third kappa shape index (κ3) is 4.05. The number of carbonyl (C=O) groups is 1. The molecule has 0 aliphatic heterocycles. The van der Waals surface area contributed by atoms with E-state index in [0.717, 1.165) is 24.9 Å². The maximum absolute atomic E-state index is 12.1. The summed E-state index contributed by atoms with van der Waals surface area (Å²) in [5.74, 6) is 1.19. The highest BCUT2D eigenvalue weighted by Crippen LogP contribution is 2.36. The number of ether oxygens (including phenoxy) is 2. The number of urea groups is 1. The summed E-state index contributed by atoms with van der Waals surface area (Å²) in [6.07, 6.45) is 2.03. The van der Waals surface area contributed by atoms with Gasteiger partial charge in [-0.1, -0.05) is 13.3 Å². The number of methoxy groups -OCH3 is 2. The van der Waals surface area contributed by atoms with Gasteiger partial charge >= 0.3 is 6.03 Å². The first-order valence-corrected chi connectivity index (χ1v) is 6.78. The van der Waals surface area contributed by atoms with Crippen LogP contribution in [0.15, 0.2) is 12.1 Å². The number of benzene rings is 1. The molecule has 0 saturated carbocycles. The number of amides is 2. The monoisotopic (exact) mass is 280 g/mol. The smallest absolute Gasteiger partial charge is 0.321 e. The lowest BCUT2D eigenvalue weighted by Gasteiger charge is -2.20. The fourth-order valence-corrected chi connectivity index (χ4v) is 1.87. The minimum Gasteiger partial charge on any atom is -0.494 e. The lowest BCUT2D eigenvalue weighted by atomic mass is 10.2. The van der Waals surface area contributed by atoms with Gasteiger partial charge in [0, 0.05) is 13.6 Å². The molecule has 1 aromatic carbocycles. The Hall–Kier alpha value is -1.91. The maximum Gasteiger partial charge on any atom is 0.321 e. The predicted molar refractivity (Wildman–Crippen MR) is 80.8 cm³/mol. The van der Waals surface area contributed by atoms with Crippen LogP contribution in [0.2, 0.25) is 0 Å². The van der Waals surface area contributed by atoms with Crippen molar-refractivity contribution in [1.82, 2.24) is 4.90 Å². The van der Waals surface area contributed by atoms with Gasteiger partial charge in [0.05, 0.1) is 14.2 Å². The van der Waals surface area contributed by atoms with Gasteiger partial charge in [0.1, 0.15) is 17.2 Å². The van der Waals surface area contributed by atoms with E-state index in [2.05, 4.69) is 12.2 Å². The Morgan fingerprint density at radius 3 is 2.25 bits per heavy atom. The zero-order valence-electron chi connectivity index (χ0n) is 12.9. The van der Waals surface area contributed by atoms with Crippen LogP contribution in [0.25, 0.3) is 0 Å². The summed E-state index contributed by atoms with van der Waals surface area (Å²) in [5, 5.41) is 2.85. The van der Waals surface area contributed by atoms with Gasteiger partial charge in [-0.15, -0.1) is 0 Å². The molecule has 1 rings (SSSR count). The molecule has 2 amide bonds. The van der Waals surface area contributed by atoms with Crippen molar-refractivity contribution in [2.24, 2.45) is 0 Å². The van der Waals surface area contributed by atoms with Crippen molar-refractivity contribution in [2.45, 2.75) is 26.7 Å². The molecule has 20 heavy (non-hydrogen) atoms. The van der Waals surface area contributed by atoms with Crippen LogP contribution in [0.1, 0.15) is 25.3 Å². The highest BCUT2D eigenvalue weighted by Gasteiger charge is 2.16. The van der Waals surface area contributed by atoms with Crippen LogP contribution in [0.5, 0.6) is 11.5 Å². The summed E-state index contributed by atoms with van der Waals surface area (Å²) in [7, 11) is 4.92. The van der Waals surface area contributed by atoms with Gasteiger partial charge < -0.3 is 19.7 Å². The number of rotatable bonds is 6. The average molecular weight is 280 g/mol. The molecule has 0 heterocycles. The minimum atomic E-state index is -0.168. The molecule has 5 heteroatoms. The first kappa shape index (κ1) is 16.1. The largest absolute Gasteiger partial charge is 0.494 e. The third-order valence-electron chi connectivity index (χ3n) is 3.08. The summed E-state index contributed by atoms with van der Waals surface area (Å²) in [6, 6.07) is 3.56. The highest BCUT2D eigenvalue weighted by molar-refractivity contribution is 5.93. The molecule has 1 N–H and O–H groups in total. The van der Waals surface area contributed by atoms with E-state index in [9.17, 15) is 4.79 Å². The first-order valence-electron chi connectivity index (χ1n) is 6.78. The van der Waals surface area contributed by atoms with Crippen LogP contribution >= 0.6 is 0 Å². The number of nitrogens with zero attached hydrogens (tertiary/aromatic N) is 1. The van der Waals surface area contributed by atoms with Crippen LogP contribution < -0.4 is 14.8 Å². The van der Waals surface area contributed by atoms with E-state index in [1.54, 1.807) is 26.2 Å². The SMILES string of the molecule is CCCCN(C)C(=O)Nc1c(OC)cc(C)cc1OC. The summed E-state index contributed by atoms with van der Waals surface area (Å²) >= 11 is 0. The topological polar surface area (TPSA) is 50.8 Å². The van der Waals surface area contributed by atoms with Gasteiger partial charge in [-0.05, 0) is 31.0 Å². The zero-order valence-corrected chi connectivity index (χ0v) is 12.9. The molecule has 0 unspecified atom stereocenters. The van der Waals surface area contributed by atoms with Gasteiger partial charge in [0.15, 0.2) is 0 Å². The summed E-state index contributed by atoms with van der Waals surface area (Å²) in [5.41, 5.74) is 1.57. The van der Waals surface area contributed by atoms with E-state index in [-0.39, 0.29) is 6.03 Å². The van der Waals surface area contributed by atoms with Gasteiger partial charge in [-0.3, -0.25) is 0 Å². The number of hydrogen-bond acceptors (Lipinski definition) is 3. The minimum absolute atomic E-state index is 0.168. The number of unbranched alkanes of at least 4 members (excludes halogenated alkanes) is 1. The van der Waals surface area contributed by atoms with Gasteiger partial charge in [0.2, 0.25) is 0 Å². The number of nitrogens with one attached hydrogen (secondary N) is 1. The van der Waals surface area contributed by atoms with Gasteiger partial charge in [0.25, 0.3) is 0 Å². The number of carbonyl (C=O) groups excluding carboxylic acids is 1. The molecule has 0 aliphatic rings. The standard InChI is InChI=1S/C15H24N2O3/c1-6-7-8-17(3)15(18)16-14-12(19-4)9-11(2)10-13(14)20-5/h9-10H,6-8H2,1-5H3,(H,16,18). The predicted octanol–water partition coefficient (Wildman–Crippen LogP) is 3.28. The highest BCUT2D eigenvalue weighted by atomic mass is 16.5. The van der Waals surface area contributed by atoms with Gasteiger partial charge in [-0.2, -0.15) is 0 Å². The first-order chi connectivity index (χ1) is 9.53. The molecule has 1 aromatic rings. The summed E-state index contributed by atoms with van der Waals surface area (Å²) in [4.78, 5) is 13.8. The second-order valence-electron chi connectivity index (χ2n) is 4.75. The van der Waals surface area contributed by atoms with Crippen LogP contribution in [-0.2, 0) is 0 Å². The molecule has 0 aromatic heterocycles. The molecule has 5 nitrogen and oxygen atoms in total. The van der Waals surface area contributed by atoms with Crippen molar-refractivity contribution in [1.29, 1.82) is 0 Å². The van der Waals surface area contributed by atoms with Crippen molar-refractivity contribution in [2.75, 3.05) is 33.1 Å². The van der Waals surface area contributed by atoms with Crippen LogP contribution in [0, 0.1) is 6.92 Å². The number of hydrogen-bond donors (Lipinski definition) is 1. The molecular formula is C15H24N2O3. The van der Waals surface area contributed by atoms with Crippen molar-refractivity contribution in [3.05, 3.63) is 17.7 Å². The lowest BCUT2D eigenvalue weighted by molar-refractivity contribution is 0.221. The Morgan fingerprint density at radius 2 is 1.80 bits per heavy atom. The lowest BCUT2D eigenvalue weighted by Crippen LogP contribution is -2.32. The molecule has 0 radical (unpaired) electrons. The summed E-state index contributed by atoms with van der Waals surface area (Å²) < 4.78 is 10.6. The molecule has 0 spiro atoms. The average Bonchev–Trinajstić information content (AvgIpc) is 2.45. The van der Waals surface area contributed by atoms with E-state index < -0.39 is 0 Å². The second kappa shape index (κ2) is 7.62. The quantitative estimate of drug-likeness (QED) is 0.870. The zero-order chi connectivity index (χ0) is 15.1. The normalized spacial score (nSPS) is 10.1. The van der Waals surface area contributed by atoms with Crippen molar-refractivity contribution in [3.8, 4) is 11.5 Å². The molecule has 0 fully saturated rings. The van der Waals surface area contributed by atoms with Crippen LogP contribution in [0.4, 0.5) is 10.5 Å². The molecule has 0 atom stereocenters. The Morgan fingerprint density at radius 1 is 1.25 bits per heavy atom. The van der Waals surface area contributed by atoms with Crippen LogP contribution in [0.3, 0.4) is 0 Å². The molecule has 0 aliphatic carbocycles. The van der Waals surface area contributed by atoms with Crippen molar-refractivity contribution >= 4 is 11.7 Å².